The van der Waals surface area contributed by atoms with Gasteiger partial charge in [0.1, 0.15) is 23.2 Å². The molecule has 0 saturated carbocycles. The van der Waals surface area contributed by atoms with Crippen molar-refractivity contribution < 1.29 is 29.0 Å². The van der Waals surface area contributed by atoms with Gasteiger partial charge >= 0.3 is 6.09 Å². The van der Waals surface area contributed by atoms with Crippen LogP contribution in [0.5, 0.6) is 5.75 Å². The normalized spacial score (nSPS) is 19.2. The number of aliphatic hydroxyl groups excluding tert-OH is 1. The third-order valence-electron chi connectivity index (χ3n) is 4.58. The van der Waals surface area contributed by atoms with Crippen LogP contribution in [0.25, 0.3) is 0 Å². The van der Waals surface area contributed by atoms with Crippen molar-refractivity contribution in [2.45, 2.75) is 38.9 Å². The Morgan fingerprint density at radius 1 is 1.27 bits per heavy atom. The molecule has 0 bridgehead atoms. The molecule has 2 aliphatic rings. The van der Waals surface area contributed by atoms with Crippen LogP contribution in [-0.2, 0) is 14.3 Å². The molecular formula is C21H27N3O6. The number of ether oxygens (including phenoxy) is 2. The lowest BCUT2D eigenvalue weighted by molar-refractivity contribution is -0.137. The number of hydrogen-bond donors (Lipinski definition) is 2. The van der Waals surface area contributed by atoms with Crippen molar-refractivity contribution in [3.8, 4) is 5.75 Å². The molecule has 0 radical (unpaired) electrons. The smallest absolute Gasteiger partial charge is 0.410 e. The zero-order chi connectivity index (χ0) is 21.9. The van der Waals surface area contributed by atoms with E-state index >= 15 is 0 Å². The number of amides is 3. The second-order valence-corrected chi connectivity index (χ2v) is 8.15. The minimum Gasteiger partial charge on any atom is -0.486 e. The Kier molecular flexibility index (Phi) is 6.31. The van der Waals surface area contributed by atoms with E-state index in [1.165, 1.54) is 6.08 Å². The van der Waals surface area contributed by atoms with Gasteiger partial charge in [-0.05, 0) is 32.9 Å². The van der Waals surface area contributed by atoms with Gasteiger partial charge in [0.25, 0.3) is 11.8 Å². The van der Waals surface area contributed by atoms with E-state index < -0.39 is 17.4 Å². The molecule has 30 heavy (non-hydrogen) atoms. The van der Waals surface area contributed by atoms with Crippen LogP contribution in [0.4, 0.5) is 10.5 Å². The fourth-order valence-electron chi connectivity index (χ4n) is 3.22. The summed E-state index contributed by atoms with van der Waals surface area (Å²) in [5, 5.41) is 12.0. The number of hydrogen-bond acceptors (Lipinski definition) is 7. The first-order valence-corrected chi connectivity index (χ1v) is 9.87. The van der Waals surface area contributed by atoms with Crippen molar-refractivity contribution in [1.29, 1.82) is 0 Å². The summed E-state index contributed by atoms with van der Waals surface area (Å²) in [6.45, 7) is 6.04. The summed E-state index contributed by atoms with van der Waals surface area (Å²) >= 11 is 0. The van der Waals surface area contributed by atoms with E-state index in [-0.39, 0.29) is 31.0 Å². The number of nitrogens with zero attached hydrogens (tertiary/aromatic N) is 2. The van der Waals surface area contributed by atoms with E-state index in [4.69, 9.17) is 14.6 Å². The lowest BCUT2D eigenvalue weighted by Gasteiger charge is -2.24. The zero-order valence-corrected chi connectivity index (χ0v) is 17.4. The molecule has 0 spiro atoms. The first-order chi connectivity index (χ1) is 14.2. The molecule has 1 saturated heterocycles. The number of likely N-dealkylation sites (tertiary alicyclic amines) is 1. The molecule has 2 N–H and O–H groups in total. The molecule has 1 aromatic rings. The molecular weight excluding hydrogens is 390 g/mol. The van der Waals surface area contributed by atoms with Crippen LogP contribution in [0.1, 0.15) is 27.2 Å². The van der Waals surface area contributed by atoms with Crippen molar-refractivity contribution in [2.75, 3.05) is 31.6 Å². The van der Waals surface area contributed by atoms with Crippen LogP contribution in [0, 0.1) is 0 Å². The van der Waals surface area contributed by atoms with Crippen LogP contribution in [-0.4, -0.2) is 70.8 Å². The molecule has 9 nitrogen and oxygen atoms in total. The van der Waals surface area contributed by atoms with Gasteiger partial charge in [0, 0.05) is 19.0 Å². The van der Waals surface area contributed by atoms with Gasteiger partial charge in [0.05, 0.1) is 25.4 Å². The van der Waals surface area contributed by atoms with Crippen LogP contribution >= 0.6 is 0 Å². The van der Waals surface area contributed by atoms with Crippen LogP contribution in [0.3, 0.4) is 0 Å². The summed E-state index contributed by atoms with van der Waals surface area (Å²) in [5.41, 5.74) is 0.0906. The largest absolute Gasteiger partial charge is 0.486 e. The number of nitrogens with one attached hydrogen (secondary N) is 1. The first kappa shape index (κ1) is 21.6. The predicted octanol–water partition coefficient (Wildman–Crippen LogP) is 1.73. The molecule has 2 aliphatic heterocycles. The van der Waals surface area contributed by atoms with Crippen molar-refractivity contribution in [3.63, 3.8) is 0 Å². The highest BCUT2D eigenvalue weighted by Gasteiger charge is 2.33. The molecule has 1 fully saturated rings. The van der Waals surface area contributed by atoms with E-state index in [2.05, 4.69) is 5.32 Å². The summed E-state index contributed by atoms with van der Waals surface area (Å²) in [6.07, 6.45) is 1.26. The molecule has 1 unspecified atom stereocenters. The number of imide groups is 1. The Balaban J connectivity index is 1.64. The third-order valence-corrected chi connectivity index (χ3v) is 4.58. The maximum absolute atomic E-state index is 12.4. The second-order valence-electron chi connectivity index (χ2n) is 8.15. The molecule has 1 aromatic carbocycles. The van der Waals surface area contributed by atoms with Crippen molar-refractivity contribution in [3.05, 3.63) is 36.0 Å². The van der Waals surface area contributed by atoms with E-state index in [0.29, 0.717) is 30.9 Å². The van der Waals surface area contributed by atoms with Crippen molar-refractivity contribution >= 4 is 23.6 Å². The summed E-state index contributed by atoms with van der Waals surface area (Å²) in [6, 6.07) is 7.08. The lowest BCUT2D eigenvalue weighted by atomic mass is 10.2. The minimum absolute atomic E-state index is 0.0555. The minimum atomic E-state index is -0.560. The third kappa shape index (κ3) is 5.10. The molecule has 3 amide bonds. The molecule has 1 atom stereocenters. The Hall–Kier alpha value is -3.07. The predicted molar refractivity (Wildman–Crippen MR) is 109 cm³/mol. The quantitative estimate of drug-likeness (QED) is 0.679. The average molecular weight is 417 g/mol. The van der Waals surface area contributed by atoms with Crippen LogP contribution < -0.4 is 10.1 Å². The van der Waals surface area contributed by atoms with E-state index in [1.807, 2.05) is 20.8 Å². The van der Waals surface area contributed by atoms with E-state index in [1.54, 1.807) is 29.2 Å². The average Bonchev–Trinajstić information content (AvgIpc) is 3.23. The number of para-hydroxylation sites is 2. The van der Waals surface area contributed by atoms with Gasteiger partial charge in [-0.15, -0.1) is 0 Å². The Labute approximate surface area is 175 Å². The Morgan fingerprint density at radius 2 is 2.00 bits per heavy atom. The van der Waals surface area contributed by atoms with Gasteiger partial charge in [0.15, 0.2) is 0 Å². The van der Waals surface area contributed by atoms with Crippen LogP contribution in [0.15, 0.2) is 36.0 Å². The highest BCUT2D eigenvalue weighted by molar-refractivity contribution is 6.17. The summed E-state index contributed by atoms with van der Waals surface area (Å²) in [7, 11) is 0. The highest BCUT2D eigenvalue weighted by Crippen LogP contribution is 2.29. The molecule has 2 heterocycles. The lowest BCUT2D eigenvalue weighted by Crippen LogP contribution is -2.36. The van der Waals surface area contributed by atoms with E-state index in [0.717, 1.165) is 4.90 Å². The number of rotatable bonds is 6. The summed E-state index contributed by atoms with van der Waals surface area (Å²) in [5.74, 6) is -0.463. The maximum Gasteiger partial charge on any atom is 0.410 e. The number of benzene rings is 1. The zero-order valence-electron chi connectivity index (χ0n) is 17.4. The number of aliphatic hydroxyl groups is 1. The summed E-state index contributed by atoms with van der Waals surface area (Å²) in [4.78, 5) is 39.1. The second kappa shape index (κ2) is 8.74. The Bertz CT molecular complexity index is 861. The summed E-state index contributed by atoms with van der Waals surface area (Å²) < 4.78 is 11.5. The highest BCUT2D eigenvalue weighted by atomic mass is 16.6. The molecule has 3 rings (SSSR count). The first-order valence-electron chi connectivity index (χ1n) is 9.87. The van der Waals surface area contributed by atoms with Gasteiger partial charge in [0.2, 0.25) is 0 Å². The van der Waals surface area contributed by atoms with Crippen molar-refractivity contribution in [1.82, 2.24) is 9.80 Å². The number of carbonyl (C=O) groups excluding carboxylic acids is 3. The molecule has 0 aliphatic carbocycles. The van der Waals surface area contributed by atoms with Gasteiger partial charge in [-0.1, -0.05) is 12.1 Å². The molecule has 9 heteroatoms. The van der Waals surface area contributed by atoms with E-state index in [9.17, 15) is 14.4 Å². The Morgan fingerprint density at radius 3 is 2.70 bits per heavy atom. The fraction of sp³-hybridized carbons (Fsp3) is 0.476. The van der Waals surface area contributed by atoms with Gasteiger partial charge < -0.3 is 24.8 Å². The standard InChI is InChI=1S/C21H27N3O6/c1-21(2,3)30-20(28)23-9-8-14(13-23)29-17-7-5-4-6-15(17)22-16-12-18(26)24(10-11-25)19(16)27/h4-7,12,14,22,25H,8-11,13H2,1-3H3. The molecule has 0 aromatic heterocycles. The van der Waals surface area contributed by atoms with Crippen molar-refractivity contribution in [2.24, 2.45) is 0 Å². The number of anilines is 1. The van der Waals surface area contributed by atoms with Gasteiger partial charge in [-0.3, -0.25) is 14.5 Å². The number of carbonyl (C=O) groups is 3. The fourth-order valence-corrected chi connectivity index (χ4v) is 3.22. The van der Waals surface area contributed by atoms with Crippen LogP contribution in [0.2, 0.25) is 0 Å². The SMILES string of the molecule is CC(C)(C)OC(=O)N1CCC(Oc2ccccc2NC2=CC(=O)N(CCO)C2=O)C1. The van der Waals surface area contributed by atoms with Gasteiger partial charge in [-0.25, -0.2) is 4.79 Å². The topological polar surface area (TPSA) is 108 Å². The monoisotopic (exact) mass is 417 g/mol. The van der Waals surface area contributed by atoms with Gasteiger partial charge in [-0.2, -0.15) is 0 Å². The maximum atomic E-state index is 12.4. The number of β-amino-alcohol motifs (C(OH)–C–C–N with tert-alkyl or cyclic N) is 1. The molecule has 162 valence electrons.